The molecule has 0 radical (unpaired) electrons. The first kappa shape index (κ1) is 21.8. The summed E-state index contributed by atoms with van der Waals surface area (Å²) in [6.45, 7) is 1.85. The first-order chi connectivity index (χ1) is 14.3. The van der Waals surface area contributed by atoms with Crippen molar-refractivity contribution in [2.75, 3.05) is 12.0 Å². The van der Waals surface area contributed by atoms with Gasteiger partial charge in [0.05, 0.1) is 5.56 Å². The van der Waals surface area contributed by atoms with Crippen molar-refractivity contribution in [3.8, 4) is 17.1 Å². The van der Waals surface area contributed by atoms with Crippen molar-refractivity contribution in [3.63, 3.8) is 0 Å². The molecule has 1 aromatic heterocycles. The van der Waals surface area contributed by atoms with Crippen LogP contribution in [0.1, 0.15) is 12.7 Å². The molecular weight excluding hydrogens is 425 g/mol. The van der Waals surface area contributed by atoms with E-state index in [4.69, 9.17) is 4.74 Å². The molecule has 0 unspecified atom stereocenters. The van der Waals surface area contributed by atoms with E-state index in [-0.39, 0.29) is 23.0 Å². The smallest absolute Gasteiger partial charge is 0.199 e. The number of allylic oxidation sites excluding steroid dienone is 1. The average molecular weight is 441 g/mol. The molecule has 1 heterocycles. The maximum absolute atomic E-state index is 14.3. The predicted molar refractivity (Wildman–Crippen MR) is 104 cm³/mol. The van der Waals surface area contributed by atoms with Crippen LogP contribution in [0.5, 0.6) is 5.75 Å². The molecule has 0 aliphatic carbocycles. The number of hydrogen-bond acceptors (Lipinski definition) is 4. The van der Waals surface area contributed by atoms with E-state index in [1.165, 1.54) is 28.5 Å². The Labute approximate surface area is 173 Å². The zero-order valence-corrected chi connectivity index (χ0v) is 16.7. The van der Waals surface area contributed by atoms with Crippen molar-refractivity contribution in [1.82, 2.24) is 14.8 Å². The summed E-state index contributed by atoms with van der Waals surface area (Å²) in [5.74, 6) is -5.25. The Morgan fingerprint density at radius 2 is 1.67 bits per heavy atom. The van der Waals surface area contributed by atoms with Crippen molar-refractivity contribution in [1.29, 1.82) is 0 Å². The van der Waals surface area contributed by atoms with Gasteiger partial charge in [-0.2, -0.15) is 11.8 Å². The standard InChI is InChI=1S/C20H16F5N3OS/c1-3-17(29-18-15(24)9-12(22)10-16(18)25)20-27-26-19(28(20)6-7-30-2)13-5-4-11(21)8-14(13)23/h3-5,8-10H,6-7H2,1-2H3/b17-3+. The van der Waals surface area contributed by atoms with E-state index < -0.39 is 34.8 Å². The van der Waals surface area contributed by atoms with Gasteiger partial charge in [-0.3, -0.25) is 0 Å². The number of thioether (sulfide) groups is 1. The lowest BCUT2D eigenvalue weighted by molar-refractivity contribution is 0.414. The number of nitrogens with zero attached hydrogens (tertiary/aromatic N) is 3. The quantitative estimate of drug-likeness (QED) is 0.362. The lowest BCUT2D eigenvalue weighted by Crippen LogP contribution is -2.11. The molecule has 0 aliphatic heterocycles. The minimum atomic E-state index is -1.23. The van der Waals surface area contributed by atoms with Crippen LogP contribution < -0.4 is 4.74 Å². The van der Waals surface area contributed by atoms with Gasteiger partial charge < -0.3 is 9.30 Å². The number of halogens is 5. The third-order valence-corrected chi connectivity index (χ3v) is 4.69. The summed E-state index contributed by atoms with van der Waals surface area (Å²) in [7, 11) is 0. The minimum absolute atomic E-state index is 0.00542. The van der Waals surface area contributed by atoms with Crippen molar-refractivity contribution < 1.29 is 26.7 Å². The van der Waals surface area contributed by atoms with Gasteiger partial charge in [-0.25, -0.2) is 22.0 Å². The van der Waals surface area contributed by atoms with Crippen LogP contribution in [-0.2, 0) is 6.54 Å². The number of hydrogen-bond donors (Lipinski definition) is 0. The average Bonchev–Trinajstić information content (AvgIpc) is 3.09. The van der Waals surface area contributed by atoms with Crippen LogP contribution in [0.4, 0.5) is 22.0 Å². The summed E-state index contributed by atoms with van der Waals surface area (Å²) in [5, 5.41) is 7.96. The van der Waals surface area contributed by atoms with Gasteiger partial charge in [-0.05, 0) is 31.4 Å². The molecule has 0 aliphatic rings. The fourth-order valence-electron chi connectivity index (χ4n) is 2.72. The van der Waals surface area contributed by atoms with Crippen molar-refractivity contribution in [3.05, 3.63) is 71.3 Å². The SMILES string of the molecule is C/C=C(/Oc1c(F)cc(F)cc1F)c1nnc(-c2ccc(F)cc2F)n1CCSC. The number of rotatable bonds is 7. The molecule has 0 bridgehead atoms. The second kappa shape index (κ2) is 9.29. The first-order valence-electron chi connectivity index (χ1n) is 8.72. The monoisotopic (exact) mass is 441 g/mol. The van der Waals surface area contributed by atoms with Crippen LogP contribution in [-0.4, -0.2) is 26.8 Å². The highest BCUT2D eigenvalue weighted by molar-refractivity contribution is 7.98. The second-order valence-corrected chi connectivity index (χ2v) is 7.05. The maximum Gasteiger partial charge on any atom is 0.199 e. The normalized spacial score (nSPS) is 11.8. The van der Waals surface area contributed by atoms with Gasteiger partial charge in [0, 0.05) is 30.5 Å². The van der Waals surface area contributed by atoms with E-state index in [0.29, 0.717) is 24.4 Å². The fourth-order valence-corrected chi connectivity index (χ4v) is 3.08. The van der Waals surface area contributed by atoms with E-state index >= 15 is 0 Å². The van der Waals surface area contributed by atoms with Crippen molar-refractivity contribution in [2.24, 2.45) is 0 Å². The van der Waals surface area contributed by atoms with Crippen LogP contribution in [0, 0.1) is 29.1 Å². The van der Waals surface area contributed by atoms with Crippen molar-refractivity contribution in [2.45, 2.75) is 13.5 Å². The number of ether oxygens (including phenoxy) is 1. The fraction of sp³-hybridized carbons (Fsp3) is 0.200. The third kappa shape index (κ3) is 4.48. The van der Waals surface area contributed by atoms with E-state index in [9.17, 15) is 22.0 Å². The lowest BCUT2D eigenvalue weighted by Gasteiger charge is -2.14. The van der Waals surface area contributed by atoms with Gasteiger partial charge in [0.15, 0.2) is 34.8 Å². The van der Waals surface area contributed by atoms with Gasteiger partial charge in [-0.1, -0.05) is 0 Å². The number of benzene rings is 2. The highest BCUT2D eigenvalue weighted by atomic mass is 32.2. The molecule has 0 amide bonds. The minimum Gasteiger partial charge on any atom is -0.448 e. The predicted octanol–water partition coefficient (Wildman–Crippen LogP) is 5.44. The summed E-state index contributed by atoms with van der Waals surface area (Å²) in [5.41, 5.74) is 0.00542. The van der Waals surface area contributed by atoms with Gasteiger partial charge >= 0.3 is 0 Å². The summed E-state index contributed by atoms with van der Waals surface area (Å²) in [4.78, 5) is 0. The molecule has 0 fully saturated rings. The second-order valence-electron chi connectivity index (χ2n) is 6.07. The molecule has 10 heteroatoms. The van der Waals surface area contributed by atoms with E-state index in [1.54, 1.807) is 6.92 Å². The Morgan fingerprint density at radius 3 is 2.27 bits per heavy atom. The van der Waals surface area contributed by atoms with Crippen LogP contribution >= 0.6 is 11.8 Å². The van der Waals surface area contributed by atoms with Crippen molar-refractivity contribution >= 4 is 17.5 Å². The number of aromatic nitrogens is 3. The largest absolute Gasteiger partial charge is 0.448 e. The first-order valence-corrected chi connectivity index (χ1v) is 10.1. The van der Waals surface area contributed by atoms with Crippen LogP contribution in [0.2, 0.25) is 0 Å². The molecule has 0 saturated heterocycles. The lowest BCUT2D eigenvalue weighted by atomic mass is 10.2. The molecular formula is C20H16F5N3OS. The zero-order chi connectivity index (χ0) is 21.8. The Kier molecular flexibility index (Phi) is 6.76. The van der Waals surface area contributed by atoms with Gasteiger partial charge in [0.1, 0.15) is 17.5 Å². The molecule has 0 saturated carbocycles. The van der Waals surface area contributed by atoms with Gasteiger partial charge in [-0.15, -0.1) is 10.2 Å². The van der Waals surface area contributed by atoms with E-state index in [2.05, 4.69) is 10.2 Å². The molecule has 0 N–H and O–H groups in total. The van der Waals surface area contributed by atoms with Crippen LogP contribution in [0.25, 0.3) is 17.1 Å². The molecule has 0 atom stereocenters. The topological polar surface area (TPSA) is 39.9 Å². The van der Waals surface area contributed by atoms with E-state index in [0.717, 1.165) is 12.1 Å². The summed E-state index contributed by atoms with van der Waals surface area (Å²) < 4.78 is 75.7. The van der Waals surface area contributed by atoms with E-state index in [1.807, 2.05) is 6.26 Å². The Balaban J connectivity index is 2.07. The highest BCUT2D eigenvalue weighted by Gasteiger charge is 2.23. The molecule has 3 rings (SSSR count). The maximum atomic E-state index is 14.3. The summed E-state index contributed by atoms with van der Waals surface area (Å²) in [6, 6.07) is 4.01. The molecule has 3 aromatic rings. The Bertz CT molecular complexity index is 1080. The Morgan fingerprint density at radius 1 is 1.00 bits per heavy atom. The Hall–Kier alpha value is -2.88. The molecule has 2 aromatic carbocycles. The van der Waals surface area contributed by atoms with Crippen LogP contribution in [0.15, 0.2) is 36.4 Å². The van der Waals surface area contributed by atoms with Crippen LogP contribution in [0.3, 0.4) is 0 Å². The summed E-state index contributed by atoms with van der Waals surface area (Å²) >= 11 is 1.50. The molecule has 158 valence electrons. The van der Waals surface area contributed by atoms with Gasteiger partial charge in [0.2, 0.25) is 0 Å². The van der Waals surface area contributed by atoms with Gasteiger partial charge in [0.25, 0.3) is 0 Å². The molecule has 30 heavy (non-hydrogen) atoms. The molecule has 4 nitrogen and oxygen atoms in total. The molecule has 0 spiro atoms. The summed E-state index contributed by atoms with van der Waals surface area (Å²) in [6.07, 6.45) is 3.26. The highest BCUT2D eigenvalue weighted by Crippen LogP contribution is 2.30. The third-order valence-electron chi connectivity index (χ3n) is 4.10. The zero-order valence-electron chi connectivity index (χ0n) is 15.9.